The molecule has 0 aliphatic carbocycles. The third kappa shape index (κ3) is 4.01. The van der Waals surface area contributed by atoms with Crippen LogP contribution in [0.2, 0.25) is 0 Å². The van der Waals surface area contributed by atoms with Gasteiger partial charge in [0.15, 0.2) is 0 Å². The number of hydrogen-bond acceptors (Lipinski definition) is 4. The van der Waals surface area contributed by atoms with E-state index in [9.17, 15) is 13.2 Å². The maximum Gasteiger partial charge on any atom is 0.304 e. The molecular formula is C22H24N4O3S. The van der Waals surface area contributed by atoms with Crippen molar-refractivity contribution in [2.45, 2.75) is 33.4 Å². The normalized spacial score (nSPS) is 14.3. The first-order valence-corrected chi connectivity index (χ1v) is 11.3. The Hall–Kier alpha value is -2.97. The van der Waals surface area contributed by atoms with Gasteiger partial charge in [0.2, 0.25) is 0 Å². The number of amides is 1. The summed E-state index contributed by atoms with van der Waals surface area (Å²) in [5.41, 5.74) is 4.59. The Morgan fingerprint density at radius 1 is 1.03 bits per heavy atom. The van der Waals surface area contributed by atoms with Gasteiger partial charge in [-0.1, -0.05) is 54.6 Å². The fourth-order valence-corrected chi connectivity index (χ4v) is 4.95. The second-order valence-electron chi connectivity index (χ2n) is 7.48. The Labute approximate surface area is 176 Å². The number of benzene rings is 2. The van der Waals surface area contributed by atoms with Gasteiger partial charge in [0.25, 0.3) is 5.91 Å². The zero-order chi connectivity index (χ0) is 21.3. The maximum atomic E-state index is 12.9. The van der Waals surface area contributed by atoms with Gasteiger partial charge in [0, 0.05) is 18.8 Å². The molecule has 3 aromatic rings. The van der Waals surface area contributed by atoms with E-state index in [0.717, 1.165) is 16.7 Å². The Morgan fingerprint density at radius 2 is 1.70 bits per heavy atom. The summed E-state index contributed by atoms with van der Waals surface area (Å²) in [4.78, 5) is 12.9. The number of carbonyl (C=O) groups excluding carboxylic acids is 1. The molecule has 7 nitrogen and oxygen atoms in total. The lowest BCUT2D eigenvalue weighted by Crippen LogP contribution is -2.45. The minimum absolute atomic E-state index is 0.254. The highest BCUT2D eigenvalue weighted by Crippen LogP contribution is 2.21. The van der Waals surface area contributed by atoms with Crippen molar-refractivity contribution in [3.63, 3.8) is 0 Å². The van der Waals surface area contributed by atoms with Gasteiger partial charge in [-0.2, -0.15) is 17.8 Å². The first-order chi connectivity index (χ1) is 14.3. The molecule has 0 bridgehead atoms. The van der Waals surface area contributed by atoms with E-state index in [0.29, 0.717) is 36.5 Å². The highest BCUT2D eigenvalue weighted by atomic mass is 32.2. The summed E-state index contributed by atoms with van der Waals surface area (Å²) in [6, 6.07) is 17.5. The molecular weight excluding hydrogens is 400 g/mol. The van der Waals surface area contributed by atoms with Crippen molar-refractivity contribution in [1.82, 2.24) is 18.8 Å². The van der Waals surface area contributed by atoms with Gasteiger partial charge in [0.1, 0.15) is 0 Å². The predicted molar refractivity (Wildman–Crippen MR) is 114 cm³/mol. The van der Waals surface area contributed by atoms with Crippen LogP contribution < -0.4 is 4.72 Å². The molecule has 2 heterocycles. The molecule has 156 valence electrons. The van der Waals surface area contributed by atoms with E-state index < -0.39 is 16.1 Å². The van der Waals surface area contributed by atoms with E-state index in [-0.39, 0.29) is 6.54 Å². The van der Waals surface area contributed by atoms with E-state index in [1.165, 1.54) is 4.31 Å². The van der Waals surface area contributed by atoms with E-state index in [4.69, 9.17) is 0 Å². The van der Waals surface area contributed by atoms with Crippen LogP contribution in [0.5, 0.6) is 0 Å². The zero-order valence-corrected chi connectivity index (χ0v) is 17.8. The summed E-state index contributed by atoms with van der Waals surface area (Å²) >= 11 is 0. The second-order valence-corrected chi connectivity index (χ2v) is 9.15. The first-order valence-electron chi connectivity index (χ1n) is 9.82. The van der Waals surface area contributed by atoms with Gasteiger partial charge in [-0.15, -0.1) is 0 Å². The van der Waals surface area contributed by atoms with Crippen LogP contribution in [0.15, 0.2) is 54.6 Å². The lowest BCUT2D eigenvalue weighted by molar-refractivity contribution is 0.0977. The number of nitrogens with zero attached hydrogens (tertiary/aromatic N) is 3. The van der Waals surface area contributed by atoms with Gasteiger partial charge in [0.05, 0.1) is 17.8 Å². The molecule has 2 aromatic carbocycles. The lowest BCUT2D eigenvalue weighted by atomic mass is 10.0. The quantitative estimate of drug-likeness (QED) is 0.682. The molecule has 1 amide bonds. The molecule has 0 saturated carbocycles. The minimum Gasteiger partial charge on any atom is -0.268 e. The summed E-state index contributed by atoms with van der Waals surface area (Å²) in [7, 11) is -3.96. The van der Waals surface area contributed by atoms with Gasteiger partial charge in [-0.05, 0) is 37.0 Å². The van der Waals surface area contributed by atoms with Crippen molar-refractivity contribution in [2.75, 3.05) is 6.54 Å². The first kappa shape index (κ1) is 20.3. The number of hydrogen-bond donors (Lipinski definition) is 1. The number of aromatic nitrogens is 2. The molecule has 0 atom stereocenters. The monoisotopic (exact) mass is 424 g/mol. The van der Waals surface area contributed by atoms with Crippen molar-refractivity contribution in [3.05, 3.63) is 88.2 Å². The smallest absolute Gasteiger partial charge is 0.268 e. The van der Waals surface area contributed by atoms with Crippen LogP contribution in [0.25, 0.3) is 0 Å². The molecule has 0 saturated heterocycles. The van der Waals surface area contributed by atoms with Crippen LogP contribution in [-0.2, 0) is 29.7 Å². The Bertz CT molecular complexity index is 1190. The lowest BCUT2D eigenvalue weighted by Gasteiger charge is -2.27. The molecule has 4 rings (SSSR count). The molecule has 1 aliphatic heterocycles. The molecule has 8 heteroatoms. The Morgan fingerprint density at radius 3 is 2.43 bits per heavy atom. The number of carbonyl (C=O) groups is 1. The zero-order valence-electron chi connectivity index (χ0n) is 17.0. The highest BCUT2D eigenvalue weighted by molar-refractivity contribution is 7.87. The van der Waals surface area contributed by atoms with Crippen LogP contribution >= 0.6 is 0 Å². The number of fused-ring (bicyclic) bond motifs is 1. The van der Waals surface area contributed by atoms with Crippen LogP contribution in [0.1, 0.15) is 38.4 Å². The third-order valence-electron chi connectivity index (χ3n) is 5.44. The SMILES string of the molecule is Cc1nn(Cc2ccccc2)c(C)c1C(=O)NS(=O)(=O)N1CCc2ccccc2C1. The van der Waals surface area contributed by atoms with Crippen LogP contribution in [0.4, 0.5) is 0 Å². The summed E-state index contributed by atoms with van der Waals surface area (Å²) in [6.07, 6.45) is 0.623. The molecule has 1 N–H and O–H groups in total. The van der Waals surface area contributed by atoms with Crippen molar-refractivity contribution >= 4 is 16.1 Å². The minimum atomic E-state index is -3.96. The highest BCUT2D eigenvalue weighted by Gasteiger charge is 2.30. The molecule has 0 fully saturated rings. The van der Waals surface area contributed by atoms with E-state index >= 15 is 0 Å². The van der Waals surface area contributed by atoms with Gasteiger partial charge >= 0.3 is 10.2 Å². The van der Waals surface area contributed by atoms with Crippen LogP contribution in [-0.4, -0.2) is 35.0 Å². The fraction of sp³-hybridized carbons (Fsp3) is 0.273. The fourth-order valence-electron chi connectivity index (χ4n) is 3.84. The van der Waals surface area contributed by atoms with Crippen LogP contribution in [0, 0.1) is 13.8 Å². The van der Waals surface area contributed by atoms with Crippen LogP contribution in [0.3, 0.4) is 0 Å². The van der Waals surface area contributed by atoms with E-state index in [1.54, 1.807) is 18.5 Å². The molecule has 30 heavy (non-hydrogen) atoms. The van der Waals surface area contributed by atoms with Gasteiger partial charge < -0.3 is 0 Å². The number of nitrogens with one attached hydrogen (secondary N) is 1. The molecule has 1 aromatic heterocycles. The van der Waals surface area contributed by atoms with Crippen molar-refractivity contribution in [3.8, 4) is 0 Å². The maximum absolute atomic E-state index is 12.9. The average molecular weight is 425 g/mol. The molecule has 0 radical (unpaired) electrons. The number of rotatable bonds is 5. The third-order valence-corrected chi connectivity index (χ3v) is 6.88. The van der Waals surface area contributed by atoms with E-state index in [2.05, 4.69) is 9.82 Å². The van der Waals surface area contributed by atoms with Crippen molar-refractivity contribution < 1.29 is 13.2 Å². The summed E-state index contributed by atoms with van der Waals surface area (Å²) in [5.74, 6) is -0.650. The van der Waals surface area contributed by atoms with Gasteiger partial charge in [-0.25, -0.2) is 4.72 Å². The molecule has 0 spiro atoms. The van der Waals surface area contributed by atoms with Crippen molar-refractivity contribution in [2.24, 2.45) is 0 Å². The van der Waals surface area contributed by atoms with Crippen molar-refractivity contribution in [1.29, 1.82) is 0 Å². The second kappa shape index (κ2) is 8.04. The molecule has 1 aliphatic rings. The number of aryl methyl sites for hydroxylation is 1. The molecule has 0 unspecified atom stereocenters. The summed E-state index contributed by atoms with van der Waals surface area (Å²) < 4.78 is 31.0. The standard InChI is InChI=1S/C22H24N4O3S/c1-16-21(17(2)26(23-16)14-18-8-4-3-5-9-18)22(27)24-30(28,29)25-13-12-19-10-6-7-11-20(19)15-25/h3-11H,12-15H2,1-2H3,(H,24,27). The predicted octanol–water partition coefficient (Wildman–Crippen LogP) is 2.58. The summed E-state index contributed by atoms with van der Waals surface area (Å²) in [6.45, 7) is 4.60. The Kier molecular flexibility index (Phi) is 5.44. The van der Waals surface area contributed by atoms with Gasteiger partial charge in [-0.3, -0.25) is 9.48 Å². The largest absolute Gasteiger partial charge is 0.304 e. The Balaban J connectivity index is 1.52. The summed E-state index contributed by atoms with van der Waals surface area (Å²) in [5, 5.41) is 4.45. The van der Waals surface area contributed by atoms with E-state index in [1.807, 2.05) is 54.6 Å². The average Bonchev–Trinajstić information content (AvgIpc) is 3.01. The topological polar surface area (TPSA) is 84.3 Å².